The van der Waals surface area contributed by atoms with E-state index < -0.39 is 0 Å². The molecule has 9 heteroatoms. The summed E-state index contributed by atoms with van der Waals surface area (Å²) in [6.45, 7) is 0. The van der Waals surface area contributed by atoms with Crippen LogP contribution in [0.15, 0.2) is 35.5 Å². The zero-order valence-electron chi connectivity index (χ0n) is 9.79. The van der Waals surface area contributed by atoms with Crippen LogP contribution in [-0.2, 0) is 6.42 Å². The summed E-state index contributed by atoms with van der Waals surface area (Å²) in [6.07, 6.45) is 0.680. The van der Waals surface area contributed by atoms with Gasteiger partial charge in [-0.05, 0) is 29.0 Å². The molecule has 3 aromatic rings. The van der Waals surface area contributed by atoms with Crippen LogP contribution in [-0.4, -0.2) is 41.5 Å². The average Bonchev–Trinajstić information content (AvgIpc) is 3.11. The van der Waals surface area contributed by atoms with Gasteiger partial charge in [-0.3, -0.25) is 10.3 Å². The second-order valence-corrected chi connectivity index (χ2v) is 4.66. The van der Waals surface area contributed by atoms with Crippen molar-refractivity contribution in [1.29, 1.82) is 0 Å². The smallest absolute Gasteiger partial charge is 0.214 e. The standard InChI is InChI=1S/C10H9N8S/c1-2-4-8(5-3-1)18-10(13-16-17-18)19-7-6-9-11-14-15-12-9/h1-5H,6-7H2/q-1. The van der Waals surface area contributed by atoms with Gasteiger partial charge in [0.2, 0.25) is 5.16 Å². The minimum atomic E-state index is 0.631. The first-order valence-electron chi connectivity index (χ1n) is 5.58. The Bertz CT molecular complexity index is 620. The monoisotopic (exact) mass is 273 g/mol. The number of tetrazole rings is 2. The minimum Gasteiger partial charge on any atom is -0.335 e. The molecule has 1 aromatic carbocycles. The molecule has 0 fully saturated rings. The second kappa shape index (κ2) is 5.57. The highest BCUT2D eigenvalue weighted by Crippen LogP contribution is 2.18. The molecule has 96 valence electrons. The molecule has 19 heavy (non-hydrogen) atoms. The van der Waals surface area contributed by atoms with Crippen molar-refractivity contribution < 1.29 is 0 Å². The molecule has 0 aliphatic carbocycles. The molecular weight excluding hydrogens is 264 g/mol. The van der Waals surface area contributed by atoms with Crippen LogP contribution in [0.3, 0.4) is 0 Å². The Balaban J connectivity index is 1.67. The van der Waals surface area contributed by atoms with Gasteiger partial charge in [0.25, 0.3) is 0 Å². The van der Waals surface area contributed by atoms with Crippen LogP contribution in [0.1, 0.15) is 5.82 Å². The van der Waals surface area contributed by atoms with Gasteiger partial charge in [-0.15, -0.1) is 5.10 Å². The zero-order chi connectivity index (χ0) is 12.9. The lowest BCUT2D eigenvalue weighted by Gasteiger charge is -2.03. The number of nitrogens with zero attached hydrogens (tertiary/aromatic N) is 8. The Kier molecular flexibility index (Phi) is 3.45. The Hall–Kier alpha value is -2.29. The topological polar surface area (TPSA) is 96.4 Å². The first-order valence-corrected chi connectivity index (χ1v) is 6.56. The largest absolute Gasteiger partial charge is 0.335 e. The number of aryl methyl sites for hydroxylation is 1. The van der Waals surface area contributed by atoms with Gasteiger partial charge in [-0.25, -0.2) is 0 Å². The van der Waals surface area contributed by atoms with Gasteiger partial charge in [-0.2, -0.15) is 9.90 Å². The van der Waals surface area contributed by atoms with Gasteiger partial charge in [0.1, 0.15) is 0 Å². The lowest BCUT2D eigenvalue weighted by atomic mass is 10.3. The molecule has 0 bridgehead atoms. The molecule has 0 radical (unpaired) electrons. The number of rotatable bonds is 5. The Morgan fingerprint density at radius 2 is 2.00 bits per heavy atom. The Morgan fingerprint density at radius 1 is 1.11 bits per heavy atom. The third kappa shape index (κ3) is 2.76. The zero-order valence-corrected chi connectivity index (χ0v) is 10.6. The van der Waals surface area contributed by atoms with Gasteiger partial charge in [0, 0.05) is 11.6 Å². The van der Waals surface area contributed by atoms with Crippen molar-refractivity contribution in [2.75, 3.05) is 5.75 Å². The summed E-state index contributed by atoms with van der Waals surface area (Å²) >= 11 is 1.54. The molecule has 2 aromatic heterocycles. The quantitative estimate of drug-likeness (QED) is 0.606. The van der Waals surface area contributed by atoms with Crippen molar-refractivity contribution in [3.8, 4) is 5.69 Å². The molecule has 0 spiro atoms. The highest BCUT2D eigenvalue weighted by atomic mass is 32.2. The van der Waals surface area contributed by atoms with Crippen molar-refractivity contribution in [2.24, 2.45) is 0 Å². The second-order valence-electron chi connectivity index (χ2n) is 3.60. The van der Waals surface area contributed by atoms with Crippen molar-refractivity contribution in [3.63, 3.8) is 0 Å². The summed E-state index contributed by atoms with van der Waals surface area (Å²) in [5.74, 6) is 1.40. The number of para-hydroxylation sites is 1. The molecule has 0 saturated heterocycles. The molecule has 0 amide bonds. The van der Waals surface area contributed by atoms with E-state index in [2.05, 4.69) is 36.1 Å². The van der Waals surface area contributed by atoms with Gasteiger partial charge < -0.3 is 5.10 Å². The lowest BCUT2D eigenvalue weighted by Crippen LogP contribution is -2.00. The van der Waals surface area contributed by atoms with Crippen LogP contribution in [0.4, 0.5) is 0 Å². The highest BCUT2D eigenvalue weighted by molar-refractivity contribution is 7.99. The van der Waals surface area contributed by atoms with E-state index in [1.807, 2.05) is 30.3 Å². The van der Waals surface area contributed by atoms with Crippen LogP contribution in [0.2, 0.25) is 0 Å². The van der Waals surface area contributed by atoms with Crippen molar-refractivity contribution in [1.82, 2.24) is 40.8 Å². The fourth-order valence-corrected chi connectivity index (χ4v) is 2.32. The van der Waals surface area contributed by atoms with E-state index in [9.17, 15) is 0 Å². The molecule has 0 saturated carbocycles. The summed E-state index contributed by atoms with van der Waals surface area (Å²) in [5.41, 5.74) is 0.933. The molecule has 3 rings (SSSR count). The van der Waals surface area contributed by atoms with Crippen LogP contribution in [0, 0.1) is 0 Å². The molecule has 0 unspecified atom stereocenters. The van der Waals surface area contributed by atoms with E-state index in [1.165, 1.54) is 11.8 Å². The lowest BCUT2D eigenvalue weighted by molar-refractivity contribution is 0.756. The number of aromatic nitrogens is 8. The number of benzene rings is 1. The Labute approximate surface area is 112 Å². The van der Waals surface area contributed by atoms with Crippen LogP contribution >= 0.6 is 11.8 Å². The first kappa shape index (κ1) is 11.8. The summed E-state index contributed by atoms with van der Waals surface area (Å²) in [6, 6.07) is 9.75. The van der Waals surface area contributed by atoms with Crippen molar-refractivity contribution in [2.45, 2.75) is 11.6 Å². The summed E-state index contributed by atoms with van der Waals surface area (Å²) in [4.78, 5) is 0. The normalized spacial score (nSPS) is 10.7. The van der Waals surface area contributed by atoms with Crippen LogP contribution in [0.5, 0.6) is 0 Å². The van der Waals surface area contributed by atoms with E-state index >= 15 is 0 Å². The molecule has 8 nitrogen and oxygen atoms in total. The maximum Gasteiger partial charge on any atom is 0.214 e. The summed E-state index contributed by atoms with van der Waals surface area (Å²) in [5, 5.41) is 26.8. The third-order valence-corrected chi connectivity index (χ3v) is 3.28. The maximum atomic E-state index is 4.00. The van der Waals surface area contributed by atoms with Crippen LogP contribution < -0.4 is 5.10 Å². The summed E-state index contributed by atoms with van der Waals surface area (Å²) < 4.78 is 1.70. The molecule has 0 aliphatic rings. The average molecular weight is 273 g/mol. The number of hydrogen-bond donors (Lipinski definition) is 0. The number of hydrogen-bond acceptors (Lipinski definition) is 7. The Morgan fingerprint density at radius 3 is 2.79 bits per heavy atom. The van der Waals surface area contributed by atoms with E-state index in [4.69, 9.17) is 0 Å². The number of thioether (sulfide) groups is 1. The maximum absolute atomic E-state index is 4.00. The fraction of sp³-hybridized carbons (Fsp3) is 0.200. The molecular formula is C10H9N8S-. The van der Waals surface area contributed by atoms with E-state index in [-0.39, 0.29) is 0 Å². The highest BCUT2D eigenvalue weighted by Gasteiger charge is 2.08. The van der Waals surface area contributed by atoms with Crippen molar-refractivity contribution >= 4 is 11.8 Å². The van der Waals surface area contributed by atoms with Crippen molar-refractivity contribution in [3.05, 3.63) is 36.2 Å². The SMILES string of the molecule is c1ccc(-n2nnnc2SCCc2nnn[n-]2)cc1. The summed E-state index contributed by atoms with van der Waals surface area (Å²) in [7, 11) is 0. The van der Waals surface area contributed by atoms with Gasteiger partial charge in [0.05, 0.1) is 5.69 Å². The predicted molar refractivity (Wildman–Crippen MR) is 66.7 cm³/mol. The van der Waals surface area contributed by atoms with Gasteiger partial charge in [0.15, 0.2) is 0 Å². The van der Waals surface area contributed by atoms with E-state index in [0.717, 1.165) is 16.6 Å². The minimum absolute atomic E-state index is 0.631. The van der Waals surface area contributed by atoms with Gasteiger partial charge >= 0.3 is 0 Å². The first-order chi connectivity index (χ1) is 9.43. The van der Waals surface area contributed by atoms with E-state index in [0.29, 0.717) is 12.2 Å². The van der Waals surface area contributed by atoms with Crippen LogP contribution in [0.25, 0.3) is 5.69 Å². The molecule has 2 heterocycles. The van der Waals surface area contributed by atoms with Gasteiger partial charge in [-0.1, -0.05) is 30.0 Å². The molecule has 0 atom stereocenters. The predicted octanol–water partition coefficient (Wildman–Crippen LogP) is 0.139. The molecule has 0 N–H and O–H groups in total. The fourth-order valence-electron chi connectivity index (χ4n) is 1.50. The third-order valence-electron chi connectivity index (χ3n) is 2.36. The van der Waals surface area contributed by atoms with E-state index in [1.54, 1.807) is 4.68 Å². The molecule has 0 aliphatic heterocycles.